The number of benzene rings is 2. The van der Waals surface area contributed by atoms with Gasteiger partial charge in [-0.15, -0.1) is 0 Å². The minimum atomic E-state index is -3.75. The van der Waals surface area contributed by atoms with Crippen LogP contribution in [0.3, 0.4) is 0 Å². The van der Waals surface area contributed by atoms with E-state index in [2.05, 4.69) is 10.9 Å². The van der Waals surface area contributed by atoms with Gasteiger partial charge in [0.15, 0.2) is 0 Å². The molecule has 8 nitrogen and oxygen atoms in total. The van der Waals surface area contributed by atoms with E-state index in [0.29, 0.717) is 28.6 Å². The number of nitrogens with one attached hydrogen (secondary N) is 2. The highest BCUT2D eigenvalue weighted by Gasteiger charge is 2.09. The second kappa shape index (κ2) is 11.2. The summed E-state index contributed by atoms with van der Waals surface area (Å²) in [5.41, 5.74) is 5.43. The molecular weight excluding hydrogens is 453 g/mol. The highest BCUT2D eigenvalue weighted by molar-refractivity contribution is 7.89. The highest BCUT2D eigenvalue weighted by atomic mass is 35.5. The molecule has 0 aliphatic carbocycles. The number of amides is 2. The van der Waals surface area contributed by atoms with Crippen molar-refractivity contribution in [3.8, 4) is 5.75 Å². The Kier molecular flexibility index (Phi) is 8.91. The predicted molar refractivity (Wildman–Crippen MR) is 114 cm³/mol. The number of ether oxygens (including phenoxy) is 1. The Bertz CT molecular complexity index is 998. The zero-order valence-corrected chi connectivity index (χ0v) is 18.2. The summed E-state index contributed by atoms with van der Waals surface area (Å²) in [5, 5.41) is 5.92. The molecule has 0 fully saturated rings. The Morgan fingerprint density at radius 1 is 0.967 bits per heavy atom. The first-order valence-electron chi connectivity index (χ1n) is 8.92. The summed E-state index contributed by atoms with van der Waals surface area (Å²) in [6.07, 6.45) is 1.08. The van der Waals surface area contributed by atoms with Crippen LogP contribution in [0.4, 0.5) is 0 Å². The molecule has 4 N–H and O–H groups in total. The molecular formula is C19H21Cl2N3O5S. The smallest absolute Gasteiger partial charge is 0.238 e. The summed E-state index contributed by atoms with van der Waals surface area (Å²) >= 11 is 11.8. The molecule has 0 saturated heterocycles. The van der Waals surface area contributed by atoms with Crippen LogP contribution in [-0.4, -0.2) is 26.8 Å². The second-order valence-electron chi connectivity index (χ2n) is 6.31. The van der Waals surface area contributed by atoms with Crippen molar-refractivity contribution in [2.75, 3.05) is 6.61 Å². The van der Waals surface area contributed by atoms with Gasteiger partial charge in [-0.3, -0.25) is 20.4 Å². The van der Waals surface area contributed by atoms with E-state index >= 15 is 0 Å². The van der Waals surface area contributed by atoms with Crippen molar-refractivity contribution in [3.05, 3.63) is 58.1 Å². The number of carbonyl (C=O) groups is 2. The van der Waals surface area contributed by atoms with Crippen LogP contribution in [0.1, 0.15) is 24.8 Å². The van der Waals surface area contributed by atoms with Crippen LogP contribution in [-0.2, 0) is 26.0 Å². The van der Waals surface area contributed by atoms with Crippen LogP contribution in [0.25, 0.3) is 0 Å². The summed E-state index contributed by atoms with van der Waals surface area (Å²) in [4.78, 5) is 23.6. The Labute approximate surface area is 184 Å². The molecule has 2 aromatic carbocycles. The Morgan fingerprint density at radius 2 is 1.60 bits per heavy atom. The van der Waals surface area contributed by atoms with Crippen LogP contribution >= 0.6 is 23.2 Å². The van der Waals surface area contributed by atoms with Crippen LogP contribution in [0.2, 0.25) is 10.0 Å². The standard InChI is InChI=1S/C19H21Cl2N3O5S/c20-14-6-9-17(16(21)12-14)29-11-1-2-18(25)23-24-19(26)10-5-13-3-7-15(8-4-13)30(22,27)28/h3-4,6-9,12H,1-2,5,10-11H2,(H,23,25)(H,24,26)(H2,22,27,28). The van der Waals surface area contributed by atoms with E-state index < -0.39 is 10.0 Å². The van der Waals surface area contributed by atoms with Gasteiger partial charge in [-0.25, -0.2) is 13.6 Å². The maximum absolute atomic E-state index is 11.8. The van der Waals surface area contributed by atoms with E-state index in [1.807, 2.05) is 0 Å². The number of halogens is 2. The van der Waals surface area contributed by atoms with Crippen molar-refractivity contribution < 1.29 is 22.7 Å². The van der Waals surface area contributed by atoms with Gasteiger partial charge < -0.3 is 4.74 Å². The second-order valence-corrected chi connectivity index (χ2v) is 8.72. The van der Waals surface area contributed by atoms with Gasteiger partial charge in [-0.2, -0.15) is 0 Å². The fourth-order valence-corrected chi connectivity index (χ4v) is 3.35. The van der Waals surface area contributed by atoms with Gasteiger partial charge in [0.2, 0.25) is 21.8 Å². The number of hydrogen-bond donors (Lipinski definition) is 3. The van der Waals surface area contributed by atoms with Crippen LogP contribution in [0.15, 0.2) is 47.4 Å². The summed E-state index contributed by atoms with van der Waals surface area (Å²) in [7, 11) is -3.75. The maximum Gasteiger partial charge on any atom is 0.238 e. The Morgan fingerprint density at radius 3 is 2.20 bits per heavy atom. The largest absolute Gasteiger partial charge is 0.492 e. The molecule has 0 spiro atoms. The Hall–Kier alpha value is -2.33. The molecule has 2 aromatic rings. The molecule has 0 radical (unpaired) electrons. The zero-order valence-electron chi connectivity index (χ0n) is 15.9. The van der Waals surface area contributed by atoms with Crippen molar-refractivity contribution in [2.45, 2.75) is 30.6 Å². The lowest BCUT2D eigenvalue weighted by atomic mass is 10.1. The molecule has 0 aliphatic rings. The average molecular weight is 474 g/mol. The molecule has 11 heteroatoms. The summed E-state index contributed by atoms with van der Waals surface area (Å²) in [6.45, 7) is 0.275. The van der Waals surface area contributed by atoms with Crippen molar-refractivity contribution in [1.29, 1.82) is 0 Å². The molecule has 0 atom stereocenters. The third-order valence-corrected chi connectivity index (χ3v) is 5.39. The monoisotopic (exact) mass is 473 g/mol. The molecule has 0 unspecified atom stereocenters. The van der Waals surface area contributed by atoms with Crippen molar-refractivity contribution >= 4 is 45.0 Å². The van der Waals surface area contributed by atoms with Gasteiger partial charge >= 0.3 is 0 Å². The molecule has 2 rings (SSSR count). The van der Waals surface area contributed by atoms with E-state index in [4.69, 9.17) is 33.1 Å². The molecule has 0 aromatic heterocycles. The summed E-state index contributed by atoms with van der Waals surface area (Å²) in [6, 6.07) is 10.8. The van der Waals surface area contributed by atoms with Gasteiger partial charge in [0.25, 0.3) is 0 Å². The predicted octanol–water partition coefficient (Wildman–Crippen LogP) is 2.58. The molecule has 2 amide bonds. The SMILES string of the molecule is NS(=O)(=O)c1ccc(CCC(=O)NNC(=O)CCCOc2ccc(Cl)cc2Cl)cc1. The van der Waals surface area contributed by atoms with Gasteiger partial charge in [0.05, 0.1) is 16.5 Å². The molecule has 0 heterocycles. The number of hydrogen-bond acceptors (Lipinski definition) is 5. The van der Waals surface area contributed by atoms with E-state index in [-0.39, 0.29) is 36.2 Å². The maximum atomic E-state index is 11.8. The summed E-state index contributed by atoms with van der Waals surface area (Å²) in [5.74, 6) is -0.249. The van der Waals surface area contributed by atoms with Crippen LogP contribution in [0, 0.1) is 0 Å². The molecule has 30 heavy (non-hydrogen) atoms. The summed E-state index contributed by atoms with van der Waals surface area (Å²) < 4.78 is 27.9. The molecule has 0 saturated carbocycles. The van der Waals surface area contributed by atoms with Crippen LogP contribution < -0.4 is 20.7 Å². The molecule has 0 aliphatic heterocycles. The normalized spacial score (nSPS) is 11.0. The lowest BCUT2D eigenvalue weighted by Crippen LogP contribution is -2.41. The number of carbonyl (C=O) groups excluding carboxylic acids is 2. The minimum Gasteiger partial charge on any atom is -0.492 e. The van der Waals surface area contributed by atoms with E-state index in [1.54, 1.807) is 30.3 Å². The van der Waals surface area contributed by atoms with Crippen molar-refractivity contribution in [1.82, 2.24) is 10.9 Å². The fraction of sp³-hybridized carbons (Fsp3) is 0.263. The van der Waals surface area contributed by atoms with Crippen molar-refractivity contribution in [2.24, 2.45) is 5.14 Å². The van der Waals surface area contributed by atoms with E-state index in [9.17, 15) is 18.0 Å². The van der Waals surface area contributed by atoms with Gasteiger partial charge in [0, 0.05) is 17.9 Å². The number of nitrogens with two attached hydrogens (primary N) is 1. The number of sulfonamides is 1. The fourth-order valence-electron chi connectivity index (χ4n) is 2.38. The number of aryl methyl sites for hydroxylation is 1. The topological polar surface area (TPSA) is 128 Å². The molecule has 0 bridgehead atoms. The first-order valence-corrected chi connectivity index (χ1v) is 11.2. The van der Waals surface area contributed by atoms with Crippen molar-refractivity contribution in [3.63, 3.8) is 0 Å². The minimum absolute atomic E-state index is 0.00489. The van der Waals surface area contributed by atoms with E-state index in [1.165, 1.54) is 12.1 Å². The van der Waals surface area contributed by atoms with Crippen LogP contribution in [0.5, 0.6) is 5.75 Å². The highest BCUT2D eigenvalue weighted by Crippen LogP contribution is 2.27. The number of rotatable bonds is 9. The van der Waals surface area contributed by atoms with Gasteiger partial charge in [0.1, 0.15) is 5.75 Å². The lowest BCUT2D eigenvalue weighted by Gasteiger charge is -2.09. The first-order chi connectivity index (χ1) is 14.1. The van der Waals surface area contributed by atoms with Gasteiger partial charge in [-0.05, 0) is 48.7 Å². The third-order valence-electron chi connectivity index (χ3n) is 3.93. The lowest BCUT2D eigenvalue weighted by molar-refractivity contribution is -0.129. The zero-order chi connectivity index (χ0) is 22.1. The number of primary sulfonamides is 1. The average Bonchev–Trinajstić information content (AvgIpc) is 2.69. The quantitative estimate of drug-likeness (QED) is 0.380. The number of hydrazine groups is 1. The van der Waals surface area contributed by atoms with Gasteiger partial charge in [-0.1, -0.05) is 35.3 Å². The van der Waals surface area contributed by atoms with E-state index in [0.717, 1.165) is 5.56 Å². The molecule has 162 valence electrons. The Balaban J connectivity index is 1.62. The third kappa shape index (κ3) is 8.19. The first kappa shape index (κ1) is 23.9.